The largest absolute Gasteiger partial charge is 0.466 e. The van der Waals surface area contributed by atoms with Crippen LogP contribution in [0.1, 0.15) is 38.3 Å². The molecule has 1 rings (SSSR count). The maximum Gasteiger partial charge on any atom is 0.305 e. The second kappa shape index (κ2) is 8.23. The van der Waals surface area contributed by atoms with Gasteiger partial charge < -0.3 is 4.74 Å². The molecule has 1 aromatic rings. The van der Waals surface area contributed by atoms with Gasteiger partial charge in [0, 0.05) is 12.1 Å². The molecule has 0 saturated heterocycles. The zero-order valence-corrected chi connectivity index (χ0v) is 11.7. The van der Waals surface area contributed by atoms with Crippen LogP contribution < -0.4 is 0 Å². The van der Waals surface area contributed by atoms with Gasteiger partial charge in [0.05, 0.1) is 6.61 Å². The van der Waals surface area contributed by atoms with Gasteiger partial charge in [-0.25, -0.2) is 4.98 Å². The number of aromatic nitrogens is 1. The van der Waals surface area contributed by atoms with E-state index >= 15 is 0 Å². The van der Waals surface area contributed by atoms with Crippen LogP contribution in [-0.2, 0) is 16.0 Å². The van der Waals surface area contributed by atoms with E-state index in [1.54, 1.807) is 0 Å². The monoisotopic (exact) mass is 299 g/mol. The molecule has 0 aromatic carbocycles. The Labute approximate surface area is 111 Å². The van der Waals surface area contributed by atoms with Crippen LogP contribution in [0.25, 0.3) is 0 Å². The molecule has 0 N–H and O–H groups in total. The number of hydrogen-bond donors (Lipinski definition) is 0. The third-order valence-corrected chi connectivity index (χ3v) is 2.83. The van der Waals surface area contributed by atoms with Crippen molar-refractivity contribution in [2.24, 2.45) is 0 Å². The maximum atomic E-state index is 11.1. The molecule has 94 valence electrons. The molecular formula is C13H18BrNO2. The second-order valence-electron chi connectivity index (χ2n) is 3.82. The van der Waals surface area contributed by atoms with E-state index in [1.165, 1.54) is 0 Å². The Balaban J connectivity index is 2.10. The van der Waals surface area contributed by atoms with E-state index in [0.29, 0.717) is 13.0 Å². The topological polar surface area (TPSA) is 39.2 Å². The lowest BCUT2D eigenvalue weighted by molar-refractivity contribution is -0.143. The highest BCUT2D eigenvalue weighted by Crippen LogP contribution is 2.10. The molecule has 17 heavy (non-hydrogen) atoms. The van der Waals surface area contributed by atoms with Crippen molar-refractivity contribution in [1.82, 2.24) is 4.98 Å². The summed E-state index contributed by atoms with van der Waals surface area (Å²) in [5.74, 6) is -0.0897. The van der Waals surface area contributed by atoms with Crippen LogP contribution in [0, 0.1) is 0 Å². The molecule has 0 radical (unpaired) electrons. The minimum absolute atomic E-state index is 0.0897. The summed E-state index contributed by atoms with van der Waals surface area (Å²) in [7, 11) is 0. The predicted octanol–water partition coefficient (Wildman–Crippen LogP) is 3.51. The van der Waals surface area contributed by atoms with Gasteiger partial charge in [-0.05, 0) is 54.2 Å². The number of carbonyl (C=O) groups is 1. The van der Waals surface area contributed by atoms with Gasteiger partial charge in [-0.2, -0.15) is 0 Å². The number of rotatable bonds is 7. The Morgan fingerprint density at radius 1 is 1.35 bits per heavy atom. The van der Waals surface area contributed by atoms with Crippen molar-refractivity contribution in [1.29, 1.82) is 0 Å². The van der Waals surface area contributed by atoms with Gasteiger partial charge in [-0.15, -0.1) is 0 Å². The number of ether oxygens (including phenoxy) is 1. The van der Waals surface area contributed by atoms with E-state index in [0.717, 1.165) is 36.0 Å². The zero-order chi connectivity index (χ0) is 12.5. The van der Waals surface area contributed by atoms with Gasteiger partial charge in [0.25, 0.3) is 0 Å². The first-order valence-electron chi connectivity index (χ1n) is 5.99. The second-order valence-corrected chi connectivity index (χ2v) is 4.63. The first-order valence-corrected chi connectivity index (χ1v) is 6.78. The highest BCUT2D eigenvalue weighted by Gasteiger charge is 2.01. The summed E-state index contributed by atoms with van der Waals surface area (Å²) >= 11 is 3.35. The van der Waals surface area contributed by atoms with Crippen LogP contribution >= 0.6 is 15.9 Å². The molecule has 0 spiro atoms. The molecule has 0 aliphatic rings. The minimum atomic E-state index is -0.0897. The van der Waals surface area contributed by atoms with Crippen LogP contribution in [-0.4, -0.2) is 17.6 Å². The van der Waals surface area contributed by atoms with Crippen LogP contribution in [0.15, 0.2) is 22.8 Å². The SMILES string of the molecule is CCOC(=O)CCCCCc1cccc(Br)n1. The number of carbonyl (C=O) groups excluding carboxylic acids is 1. The maximum absolute atomic E-state index is 11.1. The first kappa shape index (κ1) is 14.2. The lowest BCUT2D eigenvalue weighted by Crippen LogP contribution is -2.03. The molecule has 0 amide bonds. The minimum Gasteiger partial charge on any atom is -0.466 e. The standard InChI is InChI=1S/C13H18BrNO2/c1-2-17-13(16)10-5-3-4-7-11-8-6-9-12(14)15-11/h6,8-9H,2-5,7,10H2,1H3. The van der Waals surface area contributed by atoms with Gasteiger partial charge in [0.15, 0.2) is 0 Å². The van der Waals surface area contributed by atoms with E-state index in [1.807, 2.05) is 25.1 Å². The molecule has 0 saturated carbocycles. The number of hydrogen-bond acceptors (Lipinski definition) is 3. The van der Waals surface area contributed by atoms with Crippen molar-refractivity contribution >= 4 is 21.9 Å². The number of nitrogens with zero attached hydrogens (tertiary/aromatic N) is 1. The van der Waals surface area contributed by atoms with Crippen LogP contribution in [0.2, 0.25) is 0 Å². The molecule has 0 atom stereocenters. The fourth-order valence-corrected chi connectivity index (χ4v) is 1.96. The van der Waals surface area contributed by atoms with Crippen molar-refractivity contribution in [3.8, 4) is 0 Å². The summed E-state index contributed by atoms with van der Waals surface area (Å²) < 4.78 is 5.74. The predicted molar refractivity (Wildman–Crippen MR) is 70.7 cm³/mol. The van der Waals surface area contributed by atoms with Gasteiger partial charge in [-0.1, -0.05) is 12.5 Å². The number of pyridine rings is 1. The molecule has 0 aliphatic carbocycles. The van der Waals surface area contributed by atoms with Crippen molar-refractivity contribution in [3.63, 3.8) is 0 Å². The molecule has 3 nitrogen and oxygen atoms in total. The van der Waals surface area contributed by atoms with Crippen LogP contribution in [0.4, 0.5) is 0 Å². The lowest BCUT2D eigenvalue weighted by atomic mass is 10.1. The molecule has 1 aromatic heterocycles. The Bertz CT molecular complexity index is 355. The zero-order valence-electron chi connectivity index (χ0n) is 10.1. The van der Waals surface area contributed by atoms with Gasteiger partial charge in [-0.3, -0.25) is 4.79 Å². The Kier molecular flexibility index (Phi) is 6.86. The number of halogens is 1. The lowest BCUT2D eigenvalue weighted by Gasteiger charge is -2.02. The van der Waals surface area contributed by atoms with E-state index < -0.39 is 0 Å². The Morgan fingerprint density at radius 3 is 2.88 bits per heavy atom. The first-order chi connectivity index (χ1) is 8.22. The van der Waals surface area contributed by atoms with Gasteiger partial charge in [0.1, 0.15) is 4.60 Å². The van der Waals surface area contributed by atoms with Crippen molar-refractivity contribution in [2.45, 2.75) is 39.0 Å². The summed E-state index contributed by atoms with van der Waals surface area (Å²) in [6, 6.07) is 5.94. The summed E-state index contributed by atoms with van der Waals surface area (Å²) in [5, 5.41) is 0. The average Bonchev–Trinajstić information content (AvgIpc) is 2.29. The third kappa shape index (κ3) is 6.41. The van der Waals surface area contributed by atoms with E-state index in [2.05, 4.69) is 20.9 Å². The molecule has 4 heteroatoms. The summed E-state index contributed by atoms with van der Waals surface area (Å²) in [6.45, 7) is 2.30. The van der Waals surface area contributed by atoms with Crippen molar-refractivity contribution in [3.05, 3.63) is 28.5 Å². The Hall–Kier alpha value is -0.900. The summed E-state index contributed by atoms with van der Waals surface area (Å²) in [4.78, 5) is 15.4. The highest BCUT2D eigenvalue weighted by atomic mass is 79.9. The quantitative estimate of drug-likeness (QED) is 0.439. The molecule has 0 fully saturated rings. The van der Waals surface area contributed by atoms with E-state index in [4.69, 9.17) is 4.74 Å². The normalized spacial score (nSPS) is 10.2. The highest BCUT2D eigenvalue weighted by molar-refractivity contribution is 9.10. The molecule has 0 unspecified atom stereocenters. The fraction of sp³-hybridized carbons (Fsp3) is 0.538. The smallest absolute Gasteiger partial charge is 0.305 e. The fourth-order valence-electron chi connectivity index (χ4n) is 1.57. The third-order valence-electron chi connectivity index (χ3n) is 2.39. The van der Waals surface area contributed by atoms with Gasteiger partial charge >= 0.3 is 5.97 Å². The summed E-state index contributed by atoms with van der Waals surface area (Å²) in [6.07, 6.45) is 4.48. The van der Waals surface area contributed by atoms with E-state index in [-0.39, 0.29) is 5.97 Å². The molecule has 1 heterocycles. The molecule has 0 bridgehead atoms. The average molecular weight is 300 g/mol. The number of unbranched alkanes of at least 4 members (excludes halogenated alkanes) is 2. The molecule has 0 aliphatic heterocycles. The van der Waals surface area contributed by atoms with Gasteiger partial charge in [0.2, 0.25) is 0 Å². The molecular weight excluding hydrogens is 282 g/mol. The van der Waals surface area contributed by atoms with E-state index in [9.17, 15) is 4.79 Å². The summed E-state index contributed by atoms with van der Waals surface area (Å²) in [5.41, 5.74) is 1.09. The number of esters is 1. The van der Waals surface area contributed by atoms with Crippen LogP contribution in [0.5, 0.6) is 0 Å². The van der Waals surface area contributed by atoms with Crippen molar-refractivity contribution in [2.75, 3.05) is 6.61 Å². The van der Waals surface area contributed by atoms with Crippen LogP contribution in [0.3, 0.4) is 0 Å². The van der Waals surface area contributed by atoms with Crippen molar-refractivity contribution < 1.29 is 9.53 Å². The Morgan fingerprint density at radius 2 is 2.18 bits per heavy atom. The number of aryl methyl sites for hydroxylation is 1.